The normalized spacial score (nSPS) is 14.3. The van der Waals surface area contributed by atoms with Gasteiger partial charge < -0.3 is 28.8 Å². The molecule has 8 nitrogen and oxygen atoms in total. The molecule has 0 aliphatic rings. The van der Waals surface area contributed by atoms with Crippen LogP contribution in [0.3, 0.4) is 0 Å². The maximum atomic E-state index is 12.8. The Morgan fingerprint density at radius 2 is 1.02 bits per heavy atom. The number of phosphoric ester groups is 1. The van der Waals surface area contributed by atoms with Gasteiger partial charge in [-0.15, -0.1) is 0 Å². The van der Waals surface area contributed by atoms with Crippen LogP contribution in [-0.2, 0) is 18.4 Å². The van der Waals surface area contributed by atoms with Gasteiger partial charge in [0.2, 0.25) is 5.91 Å². The van der Waals surface area contributed by atoms with Crippen LogP contribution in [0.15, 0.2) is 12.2 Å². The van der Waals surface area contributed by atoms with Crippen molar-refractivity contribution in [3.63, 3.8) is 0 Å². The fourth-order valence-electron chi connectivity index (χ4n) is 7.16. The number of hydrogen-bond acceptors (Lipinski definition) is 6. The minimum atomic E-state index is -4.56. The molecule has 2 N–H and O–H groups in total. The third-order valence-electron chi connectivity index (χ3n) is 11.0. The molecule has 334 valence electrons. The minimum absolute atomic E-state index is 0.0123. The highest BCUT2D eigenvalue weighted by molar-refractivity contribution is 7.45. The van der Waals surface area contributed by atoms with Crippen molar-refractivity contribution in [3.05, 3.63) is 12.2 Å². The van der Waals surface area contributed by atoms with Gasteiger partial charge in [-0.3, -0.25) is 9.36 Å². The van der Waals surface area contributed by atoms with Crippen molar-refractivity contribution in [2.24, 2.45) is 0 Å². The first-order valence-corrected chi connectivity index (χ1v) is 25.5. The van der Waals surface area contributed by atoms with E-state index in [0.717, 1.165) is 57.8 Å². The third kappa shape index (κ3) is 41.4. The molecule has 0 heterocycles. The Morgan fingerprint density at radius 1 is 0.607 bits per heavy atom. The van der Waals surface area contributed by atoms with Crippen LogP contribution in [0.25, 0.3) is 0 Å². The summed E-state index contributed by atoms with van der Waals surface area (Å²) >= 11 is 0. The number of aliphatic hydroxyl groups excluding tert-OH is 1. The van der Waals surface area contributed by atoms with E-state index in [1.807, 2.05) is 21.1 Å². The van der Waals surface area contributed by atoms with Crippen LogP contribution in [0.4, 0.5) is 0 Å². The second kappa shape index (κ2) is 39.7. The molecule has 1 amide bonds. The van der Waals surface area contributed by atoms with E-state index in [9.17, 15) is 19.4 Å². The van der Waals surface area contributed by atoms with E-state index < -0.39 is 20.0 Å². The molecule has 0 radical (unpaired) electrons. The molecular weight excluding hydrogens is 719 g/mol. The van der Waals surface area contributed by atoms with Crippen molar-refractivity contribution >= 4 is 13.7 Å². The summed E-state index contributed by atoms with van der Waals surface area (Å²) in [6.45, 7) is 4.67. The molecule has 0 bridgehead atoms. The van der Waals surface area contributed by atoms with Crippen LogP contribution in [0, 0.1) is 0 Å². The third-order valence-corrected chi connectivity index (χ3v) is 11.9. The summed E-state index contributed by atoms with van der Waals surface area (Å²) < 4.78 is 23.3. The lowest BCUT2D eigenvalue weighted by Crippen LogP contribution is -2.46. The average Bonchev–Trinajstić information content (AvgIpc) is 3.15. The SMILES string of the molecule is CCC/C=C\CCCCCCCC(=O)NC(COP(=O)([O-])OCC[N+](C)(C)C)C(O)CCCCCCCCCCCCCCCCCCCCCCCCCC. The first-order chi connectivity index (χ1) is 27.0. The molecule has 0 aromatic heterocycles. The molecule has 0 aromatic rings. The van der Waals surface area contributed by atoms with Crippen molar-refractivity contribution in [2.75, 3.05) is 40.9 Å². The maximum Gasteiger partial charge on any atom is 0.268 e. The number of carbonyl (C=O) groups excluding carboxylic acids is 1. The van der Waals surface area contributed by atoms with E-state index in [1.54, 1.807) is 0 Å². The van der Waals surface area contributed by atoms with Crippen molar-refractivity contribution in [1.29, 1.82) is 0 Å². The molecule has 0 saturated heterocycles. The summed E-state index contributed by atoms with van der Waals surface area (Å²) in [5.41, 5.74) is 0. The lowest BCUT2D eigenvalue weighted by molar-refractivity contribution is -0.870. The summed E-state index contributed by atoms with van der Waals surface area (Å²) in [7, 11) is 1.30. The quantitative estimate of drug-likeness (QED) is 0.0274. The number of rotatable bonds is 44. The predicted octanol–water partition coefficient (Wildman–Crippen LogP) is 12.9. The number of nitrogens with zero attached hydrogens (tertiary/aromatic N) is 1. The second-order valence-corrected chi connectivity index (χ2v) is 19.2. The number of quaternary nitrogens is 1. The van der Waals surface area contributed by atoms with Gasteiger partial charge in [0, 0.05) is 6.42 Å². The lowest BCUT2D eigenvalue weighted by Gasteiger charge is -2.30. The number of unbranched alkanes of at least 4 members (excludes halogenated alkanes) is 29. The zero-order valence-electron chi connectivity index (χ0n) is 37.9. The van der Waals surface area contributed by atoms with Crippen LogP contribution in [0.2, 0.25) is 0 Å². The number of likely N-dealkylation sites (N-methyl/N-ethyl adjacent to an activating group) is 1. The fraction of sp³-hybridized carbons (Fsp3) is 0.936. The van der Waals surface area contributed by atoms with Crippen molar-refractivity contribution in [1.82, 2.24) is 5.32 Å². The highest BCUT2D eigenvalue weighted by Gasteiger charge is 2.24. The second-order valence-electron chi connectivity index (χ2n) is 17.8. The summed E-state index contributed by atoms with van der Waals surface area (Å²) in [5.74, 6) is -0.175. The van der Waals surface area contributed by atoms with E-state index in [2.05, 4.69) is 31.3 Å². The van der Waals surface area contributed by atoms with E-state index in [0.29, 0.717) is 23.9 Å². The van der Waals surface area contributed by atoms with E-state index in [1.165, 1.54) is 148 Å². The molecule has 9 heteroatoms. The first kappa shape index (κ1) is 55.2. The molecule has 0 saturated carbocycles. The van der Waals surface area contributed by atoms with Gasteiger partial charge in [0.1, 0.15) is 13.2 Å². The lowest BCUT2D eigenvalue weighted by atomic mass is 10.0. The van der Waals surface area contributed by atoms with E-state index >= 15 is 0 Å². The van der Waals surface area contributed by atoms with Gasteiger partial charge in [-0.25, -0.2) is 0 Å². The van der Waals surface area contributed by atoms with E-state index in [-0.39, 0.29) is 19.1 Å². The van der Waals surface area contributed by atoms with Gasteiger partial charge in [0.05, 0.1) is 39.9 Å². The van der Waals surface area contributed by atoms with Crippen molar-refractivity contribution < 1.29 is 32.9 Å². The predicted molar refractivity (Wildman–Crippen MR) is 238 cm³/mol. The van der Waals surface area contributed by atoms with Crippen molar-refractivity contribution in [2.45, 2.75) is 244 Å². The molecule has 0 fully saturated rings. The molecule has 0 aliphatic carbocycles. The number of nitrogens with one attached hydrogen (secondary N) is 1. The van der Waals surface area contributed by atoms with Gasteiger partial charge in [-0.05, 0) is 32.1 Å². The number of carbonyl (C=O) groups is 1. The Labute approximate surface area is 348 Å². The largest absolute Gasteiger partial charge is 0.756 e. The van der Waals surface area contributed by atoms with Crippen LogP contribution in [-0.4, -0.2) is 68.5 Å². The standard InChI is InChI=1S/C47H95N2O6P/c1-6-8-10-12-14-16-18-19-20-21-22-23-24-25-26-27-28-29-30-31-32-34-36-38-40-46(50)45(44-55-56(52,53)54-43-42-49(3,4)5)48-47(51)41-39-37-35-33-17-15-13-11-9-7-2/h11,13,45-46,50H,6-10,12,14-44H2,1-5H3,(H-,48,51,52,53)/b13-11-. The Morgan fingerprint density at radius 3 is 1.46 bits per heavy atom. The summed E-state index contributed by atoms with van der Waals surface area (Å²) in [6.07, 6.45) is 45.2. The molecule has 0 aliphatic heterocycles. The molecule has 3 unspecified atom stereocenters. The van der Waals surface area contributed by atoms with Gasteiger partial charge in [0.15, 0.2) is 0 Å². The maximum absolute atomic E-state index is 12.8. The van der Waals surface area contributed by atoms with Crippen LogP contribution >= 0.6 is 7.82 Å². The van der Waals surface area contributed by atoms with E-state index in [4.69, 9.17) is 9.05 Å². The first-order valence-electron chi connectivity index (χ1n) is 24.0. The summed E-state index contributed by atoms with van der Waals surface area (Å²) in [5, 5.41) is 13.9. The number of aliphatic hydroxyl groups is 1. The summed E-state index contributed by atoms with van der Waals surface area (Å²) in [6, 6.07) is -0.800. The number of phosphoric acid groups is 1. The zero-order chi connectivity index (χ0) is 41.4. The van der Waals surface area contributed by atoms with Gasteiger partial charge >= 0.3 is 0 Å². The number of amides is 1. The number of hydrogen-bond donors (Lipinski definition) is 2. The number of allylic oxidation sites excluding steroid dienone is 2. The van der Waals surface area contributed by atoms with Crippen LogP contribution in [0.1, 0.15) is 232 Å². The van der Waals surface area contributed by atoms with Crippen LogP contribution in [0.5, 0.6) is 0 Å². The summed E-state index contributed by atoms with van der Waals surface area (Å²) in [4.78, 5) is 25.3. The Kier molecular flexibility index (Phi) is 39.1. The highest BCUT2D eigenvalue weighted by Crippen LogP contribution is 2.38. The average molecular weight is 815 g/mol. The van der Waals surface area contributed by atoms with Gasteiger partial charge in [0.25, 0.3) is 7.82 Å². The Hall–Kier alpha value is -0.760. The van der Waals surface area contributed by atoms with Crippen molar-refractivity contribution in [3.8, 4) is 0 Å². The molecule has 56 heavy (non-hydrogen) atoms. The molecule has 0 rings (SSSR count). The fourth-order valence-corrected chi connectivity index (χ4v) is 7.88. The highest BCUT2D eigenvalue weighted by atomic mass is 31.2. The minimum Gasteiger partial charge on any atom is -0.756 e. The topological polar surface area (TPSA) is 108 Å². The Balaban J connectivity index is 4.14. The molecule has 0 aromatic carbocycles. The Bertz CT molecular complexity index is 927. The van der Waals surface area contributed by atoms with Gasteiger partial charge in [-0.2, -0.15) is 0 Å². The van der Waals surface area contributed by atoms with Crippen LogP contribution < -0.4 is 10.2 Å². The molecule has 0 spiro atoms. The monoisotopic (exact) mass is 815 g/mol. The molecule has 3 atom stereocenters. The zero-order valence-corrected chi connectivity index (χ0v) is 38.7. The smallest absolute Gasteiger partial charge is 0.268 e. The van der Waals surface area contributed by atoms with Gasteiger partial charge in [-0.1, -0.05) is 206 Å². The molecular formula is C47H95N2O6P.